The van der Waals surface area contributed by atoms with Crippen molar-refractivity contribution >= 4 is 11.9 Å². The molecular formula is C15H21NO3. The Morgan fingerprint density at radius 3 is 2.68 bits per heavy atom. The Hall–Kier alpha value is -1.84. The third kappa shape index (κ3) is 5.55. The fourth-order valence-electron chi connectivity index (χ4n) is 1.75. The van der Waals surface area contributed by atoms with Crippen molar-refractivity contribution in [2.75, 3.05) is 20.2 Å². The predicted octanol–water partition coefficient (Wildman–Crippen LogP) is 1.95. The van der Waals surface area contributed by atoms with Gasteiger partial charge in [0.15, 0.2) is 0 Å². The van der Waals surface area contributed by atoms with E-state index in [0.717, 1.165) is 11.1 Å². The summed E-state index contributed by atoms with van der Waals surface area (Å²) in [6, 6.07) is 7.87. The average molecular weight is 263 g/mol. The highest BCUT2D eigenvalue weighted by atomic mass is 16.5. The molecule has 0 aliphatic rings. The molecule has 0 spiro atoms. The summed E-state index contributed by atoms with van der Waals surface area (Å²) in [6.07, 6.45) is 0.602. The van der Waals surface area contributed by atoms with Gasteiger partial charge in [-0.25, -0.2) is 0 Å². The Kier molecular flexibility index (Phi) is 6.06. The summed E-state index contributed by atoms with van der Waals surface area (Å²) in [4.78, 5) is 24.7. The maximum atomic E-state index is 12.0. The second-order valence-electron chi connectivity index (χ2n) is 4.54. The lowest BCUT2D eigenvalue weighted by atomic mass is 10.1. The van der Waals surface area contributed by atoms with Crippen LogP contribution in [0.1, 0.15) is 24.5 Å². The smallest absolute Gasteiger partial charge is 0.307 e. The Morgan fingerprint density at radius 2 is 2.05 bits per heavy atom. The first kappa shape index (κ1) is 15.2. The molecule has 0 aliphatic heterocycles. The molecule has 0 fully saturated rings. The van der Waals surface area contributed by atoms with E-state index in [0.29, 0.717) is 19.6 Å². The maximum Gasteiger partial charge on any atom is 0.307 e. The molecule has 0 aromatic heterocycles. The van der Waals surface area contributed by atoms with Crippen LogP contribution in [-0.4, -0.2) is 37.0 Å². The fourth-order valence-corrected chi connectivity index (χ4v) is 1.75. The maximum absolute atomic E-state index is 12.0. The molecule has 0 bridgehead atoms. The molecule has 1 aromatic rings. The van der Waals surface area contributed by atoms with Gasteiger partial charge in [0.25, 0.3) is 0 Å². The molecule has 104 valence electrons. The van der Waals surface area contributed by atoms with Crippen molar-refractivity contribution in [2.45, 2.75) is 26.7 Å². The third-order valence-corrected chi connectivity index (χ3v) is 2.82. The predicted molar refractivity (Wildman–Crippen MR) is 73.8 cm³/mol. The number of benzene rings is 1. The Labute approximate surface area is 114 Å². The number of nitrogens with zero attached hydrogens (tertiary/aromatic N) is 1. The number of aryl methyl sites for hydroxylation is 1. The largest absolute Gasteiger partial charge is 0.466 e. The summed E-state index contributed by atoms with van der Waals surface area (Å²) in [6.45, 7) is 4.53. The van der Waals surface area contributed by atoms with Crippen molar-refractivity contribution in [1.29, 1.82) is 0 Å². The average Bonchev–Trinajstić information content (AvgIpc) is 2.36. The molecule has 1 amide bonds. The lowest BCUT2D eigenvalue weighted by molar-refractivity contribution is -0.143. The van der Waals surface area contributed by atoms with Gasteiger partial charge < -0.3 is 9.64 Å². The molecule has 0 atom stereocenters. The molecule has 0 radical (unpaired) electrons. The van der Waals surface area contributed by atoms with Crippen molar-refractivity contribution in [1.82, 2.24) is 4.90 Å². The second kappa shape index (κ2) is 7.56. The highest BCUT2D eigenvalue weighted by Crippen LogP contribution is 2.06. The molecule has 0 heterocycles. The number of hydrogen-bond donors (Lipinski definition) is 0. The minimum Gasteiger partial charge on any atom is -0.466 e. The molecule has 4 heteroatoms. The molecule has 0 saturated carbocycles. The lowest BCUT2D eigenvalue weighted by Gasteiger charge is -2.16. The van der Waals surface area contributed by atoms with Crippen molar-refractivity contribution < 1.29 is 14.3 Å². The van der Waals surface area contributed by atoms with Crippen LogP contribution in [0, 0.1) is 6.92 Å². The minimum atomic E-state index is -0.266. The van der Waals surface area contributed by atoms with Crippen LogP contribution in [0.5, 0.6) is 0 Å². The van der Waals surface area contributed by atoms with Crippen LogP contribution >= 0.6 is 0 Å². The summed E-state index contributed by atoms with van der Waals surface area (Å²) < 4.78 is 4.83. The molecule has 19 heavy (non-hydrogen) atoms. The second-order valence-corrected chi connectivity index (χ2v) is 4.54. The van der Waals surface area contributed by atoms with Gasteiger partial charge in [0, 0.05) is 13.6 Å². The molecule has 0 N–H and O–H groups in total. The van der Waals surface area contributed by atoms with Gasteiger partial charge in [0.1, 0.15) is 0 Å². The summed E-state index contributed by atoms with van der Waals surface area (Å²) >= 11 is 0. The van der Waals surface area contributed by atoms with E-state index in [4.69, 9.17) is 4.74 Å². The normalized spacial score (nSPS) is 10.1. The van der Waals surface area contributed by atoms with E-state index in [-0.39, 0.29) is 18.3 Å². The van der Waals surface area contributed by atoms with E-state index in [1.807, 2.05) is 31.2 Å². The number of carbonyl (C=O) groups is 2. The molecule has 1 aromatic carbocycles. The van der Waals surface area contributed by atoms with Gasteiger partial charge in [0.05, 0.1) is 19.4 Å². The van der Waals surface area contributed by atoms with Gasteiger partial charge in [-0.2, -0.15) is 0 Å². The zero-order valence-electron chi connectivity index (χ0n) is 11.8. The fraction of sp³-hybridized carbons (Fsp3) is 0.467. The molecule has 0 aliphatic carbocycles. The van der Waals surface area contributed by atoms with Gasteiger partial charge in [0.2, 0.25) is 5.91 Å². The van der Waals surface area contributed by atoms with Crippen molar-refractivity contribution in [2.24, 2.45) is 0 Å². The van der Waals surface area contributed by atoms with Crippen LogP contribution in [0.4, 0.5) is 0 Å². The first-order chi connectivity index (χ1) is 9.02. The molecule has 1 rings (SSSR count). The van der Waals surface area contributed by atoms with Gasteiger partial charge in [-0.05, 0) is 19.4 Å². The summed E-state index contributed by atoms with van der Waals surface area (Å²) in [7, 11) is 1.71. The third-order valence-electron chi connectivity index (χ3n) is 2.82. The Bertz CT molecular complexity index is 443. The number of esters is 1. The monoisotopic (exact) mass is 263 g/mol. The van der Waals surface area contributed by atoms with Crippen molar-refractivity contribution in [3.8, 4) is 0 Å². The zero-order valence-corrected chi connectivity index (χ0v) is 11.8. The quantitative estimate of drug-likeness (QED) is 0.737. The number of likely N-dealkylation sites (N-methyl/N-ethyl adjacent to an activating group) is 1. The molecular weight excluding hydrogens is 242 g/mol. The topological polar surface area (TPSA) is 46.6 Å². The molecule has 0 unspecified atom stereocenters. The van der Waals surface area contributed by atoms with Crippen LogP contribution in [-0.2, 0) is 20.7 Å². The van der Waals surface area contributed by atoms with E-state index in [1.54, 1.807) is 18.9 Å². The molecule has 4 nitrogen and oxygen atoms in total. The Balaban J connectivity index is 2.42. The number of ether oxygens (including phenoxy) is 1. The van der Waals surface area contributed by atoms with Crippen LogP contribution in [0.15, 0.2) is 24.3 Å². The van der Waals surface area contributed by atoms with E-state index >= 15 is 0 Å². The van der Waals surface area contributed by atoms with Crippen LogP contribution < -0.4 is 0 Å². The minimum absolute atomic E-state index is 0.00917. The van der Waals surface area contributed by atoms with E-state index in [1.165, 1.54) is 0 Å². The standard InChI is InChI=1S/C15H21NO3/c1-4-19-15(18)8-9-16(3)14(17)11-13-7-5-6-12(2)10-13/h5-7,10H,4,8-9,11H2,1-3H3. The van der Waals surface area contributed by atoms with Crippen molar-refractivity contribution in [3.05, 3.63) is 35.4 Å². The van der Waals surface area contributed by atoms with Gasteiger partial charge in [-0.1, -0.05) is 29.8 Å². The number of carbonyl (C=O) groups excluding carboxylic acids is 2. The highest BCUT2D eigenvalue weighted by molar-refractivity contribution is 5.79. The van der Waals surface area contributed by atoms with Gasteiger partial charge in [-0.15, -0.1) is 0 Å². The number of rotatable bonds is 6. The summed E-state index contributed by atoms with van der Waals surface area (Å²) in [5, 5.41) is 0. The van der Waals surface area contributed by atoms with Crippen molar-refractivity contribution in [3.63, 3.8) is 0 Å². The first-order valence-corrected chi connectivity index (χ1v) is 6.48. The zero-order chi connectivity index (χ0) is 14.3. The Morgan fingerprint density at radius 1 is 1.32 bits per heavy atom. The van der Waals surface area contributed by atoms with Crippen LogP contribution in [0.25, 0.3) is 0 Å². The molecule has 0 saturated heterocycles. The van der Waals surface area contributed by atoms with Gasteiger partial charge in [-0.3, -0.25) is 9.59 Å². The lowest BCUT2D eigenvalue weighted by Crippen LogP contribution is -2.30. The number of hydrogen-bond acceptors (Lipinski definition) is 3. The van der Waals surface area contributed by atoms with Crippen LogP contribution in [0.3, 0.4) is 0 Å². The summed E-state index contributed by atoms with van der Waals surface area (Å²) in [5.41, 5.74) is 2.13. The van der Waals surface area contributed by atoms with E-state index < -0.39 is 0 Å². The first-order valence-electron chi connectivity index (χ1n) is 6.48. The number of amides is 1. The van der Waals surface area contributed by atoms with Gasteiger partial charge >= 0.3 is 5.97 Å². The van der Waals surface area contributed by atoms with E-state index in [9.17, 15) is 9.59 Å². The highest BCUT2D eigenvalue weighted by Gasteiger charge is 2.11. The van der Waals surface area contributed by atoms with E-state index in [2.05, 4.69) is 0 Å². The SMILES string of the molecule is CCOC(=O)CCN(C)C(=O)Cc1cccc(C)c1. The summed E-state index contributed by atoms with van der Waals surface area (Å²) in [5.74, 6) is -0.257. The van der Waals surface area contributed by atoms with Crippen LogP contribution in [0.2, 0.25) is 0 Å².